The van der Waals surface area contributed by atoms with Crippen LogP contribution in [0.25, 0.3) is 0 Å². The van der Waals surface area contributed by atoms with Gasteiger partial charge in [0.15, 0.2) is 0 Å². The van der Waals surface area contributed by atoms with Gasteiger partial charge in [0.05, 0.1) is 6.34 Å². The highest BCUT2D eigenvalue weighted by atomic mass is 32.1. The van der Waals surface area contributed by atoms with Crippen molar-refractivity contribution in [1.82, 2.24) is 0 Å². The van der Waals surface area contributed by atoms with Crippen molar-refractivity contribution >= 4 is 17.7 Å². The molecule has 0 atom stereocenters. The zero-order valence-electron chi connectivity index (χ0n) is 7.95. The third kappa shape index (κ3) is 3.03. The maximum Gasteiger partial charge on any atom is 0.0852 e. The summed E-state index contributed by atoms with van der Waals surface area (Å²) in [5, 5.41) is 0. The third-order valence-corrected chi connectivity index (χ3v) is 2.77. The number of aliphatic imine (C=N–C) groups is 1. The fraction of sp³-hybridized carbons (Fsp3) is 0.300. The van der Waals surface area contributed by atoms with Crippen molar-refractivity contribution in [3.63, 3.8) is 0 Å². The average molecular weight is 194 g/mol. The molecule has 1 aromatic rings. The fourth-order valence-corrected chi connectivity index (χ4v) is 2.13. The molecule has 0 unspecified atom stereocenters. The SMILES string of the molecule is Cc1cc(CC=CN=CN)c(C)s1. The van der Waals surface area contributed by atoms with E-state index in [1.165, 1.54) is 21.7 Å². The predicted molar refractivity (Wildman–Crippen MR) is 59.3 cm³/mol. The first kappa shape index (κ1) is 9.99. The van der Waals surface area contributed by atoms with E-state index >= 15 is 0 Å². The van der Waals surface area contributed by atoms with Gasteiger partial charge in [-0.15, -0.1) is 11.3 Å². The van der Waals surface area contributed by atoms with Gasteiger partial charge in [0.25, 0.3) is 0 Å². The summed E-state index contributed by atoms with van der Waals surface area (Å²) in [6, 6.07) is 2.22. The summed E-state index contributed by atoms with van der Waals surface area (Å²) in [4.78, 5) is 6.55. The van der Waals surface area contributed by atoms with E-state index in [0.717, 1.165) is 6.42 Å². The zero-order chi connectivity index (χ0) is 9.68. The Morgan fingerprint density at radius 1 is 1.54 bits per heavy atom. The van der Waals surface area contributed by atoms with E-state index in [-0.39, 0.29) is 0 Å². The van der Waals surface area contributed by atoms with Crippen LogP contribution in [0.3, 0.4) is 0 Å². The van der Waals surface area contributed by atoms with Crippen LogP contribution in [0.15, 0.2) is 23.3 Å². The maximum absolute atomic E-state index is 5.10. The standard InChI is InChI=1S/C10H14N2S/c1-8-6-10(9(2)13-8)4-3-5-12-7-11/h3,5-7H,4H2,1-2H3,(H2,11,12). The Kier molecular flexibility index (Phi) is 3.71. The number of rotatable bonds is 3. The van der Waals surface area contributed by atoms with Crippen LogP contribution in [0, 0.1) is 13.8 Å². The Balaban J connectivity index is 2.59. The monoisotopic (exact) mass is 194 g/mol. The smallest absolute Gasteiger partial charge is 0.0852 e. The van der Waals surface area contributed by atoms with Crippen LogP contribution >= 0.6 is 11.3 Å². The van der Waals surface area contributed by atoms with E-state index in [1.807, 2.05) is 17.4 Å². The molecule has 1 aromatic heterocycles. The van der Waals surface area contributed by atoms with Gasteiger partial charge >= 0.3 is 0 Å². The van der Waals surface area contributed by atoms with Gasteiger partial charge in [0.1, 0.15) is 0 Å². The first-order valence-corrected chi connectivity index (χ1v) is 5.00. The van der Waals surface area contributed by atoms with E-state index in [4.69, 9.17) is 5.73 Å². The van der Waals surface area contributed by atoms with Crippen molar-refractivity contribution in [2.24, 2.45) is 10.7 Å². The highest BCUT2D eigenvalue weighted by Gasteiger charge is 1.99. The molecular formula is C10H14N2S. The van der Waals surface area contributed by atoms with Gasteiger partial charge in [-0.1, -0.05) is 6.08 Å². The van der Waals surface area contributed by atoms with Crippen LogP contribution in [-0.2, 0) is 6.42 Å². The molecule has 1 heterocycles. The molecule has 0 spiro atoms. The molecule has 0 aliphatic carbocycles. The van der Waals surface area contributed by atoms with Crippen molar-refractivity contribution in [2.45, 2.75) is 20.3 Å². The topological polar surface area (TPSA) is 38.4 Å². The maximum atomic E-state index is 5.10. The Labute approximate surface area is 82.8 Å². The van der Waals surface area contributed by atoms with Crippen LogP contribution in [-0.4, -0.2) is 6.34 Å². The number of thiophene rings is 1. The first-order chi connectivity index (χ1) is 6.24. The summed E-state index contributed by atoms with van der Waals surface area (Å²) in [6.07, 6.45) is 5.97. The number of nitrogens with two attached hydrogens (primary N) is 1. The van der Waals surface area contributed by atoms with Gasteiger partial charge < -0.3 is 5.73 Å². The van der Waals surface area contributed by atoms with Gasteiger partial charge in [0.2, 0.25) is 0 Å². The lowest BCUT2D eigenvalue weighted by atomic mass is 10.2. The highest BCUT2D eigenvalue weighted by molar-refractivity contribution is 7.12. The molecule has 0 bridgehead atoms. The van der Waals surface area contributed by atoms with E-state index in [1.54, 1.807) is 6.20 Å². The fourth-order valence-electron chi connectivity index (χ4n) is 1.18. The molecule has 0 aromatic carbocycles. The lowest BCUT2D eigenvalue weighted by molar-refractivity contribution is 1.24. The van der Waals surface area contributed by atoms with Crippen molar-refractivity contribution in [2.75, 3.05) is 0 Å². The molecule has 2 N–H and O–H groups in total. The average Bonchev–Trinajstić information content (AvgIpc) is 2.39. The lowest BCUT2D eigenvalue weighted by Gasteiger charge is -1.90. The van der Waals surface area contributed by atoms with Crippen molar-refractivity contribution < 1.29 is 0 Å². The lowest BCUT2D eigenvalue weighted by Crippen LogP contribution is -1.85. The Bertz CT molecular complexity index is 324. The van der Waals surface area contributed by atoms with Crippen LogP contribution in [0.2, 0.25) is 0 Å². The van der Waals surface area contributed by atoms with E-state index in [2.05, 4.69) is 24.9 Å². The second-order valence-electron chi connectivity index (χ2n) is 2.83. The molecular weight excluding hydrogens is 180 g/mol. The summed E-state index contributed by atoms with van der Waals surface area (Å²) >= 11 is 1.84. The van der Waals surface area contributed by atoms with Crippen LogP contribution < -0.4 is 5.73 Å². The number of hydrogen-bond acceptors (Lipinski definition) is 2. The molecule has 0 radical (unpaired) electrons. The minimum Gasteiger partial charge on any atom is -0.390 e. The summed E-state index contributed by atoms with van der Waals surface area (Å²) in [5.41, 5.74) is 6.48. The largest absolute Gasteiger partial charge is 0.390 e. The molecule has 0 aliphatic rings. The molecule has 13 heavy (non-hydrogen) atoms. The van der Waals surface area contributed by atoms with Crippen molar-refractivity contribution in [1.29, 1.82) is 0 Å². The third-order valence-electron chi connectivity index (χ3n) is 1.76. The van der Waals surface area contributed by atoms with E-state index in [0.29, 0.717) is 0 Å². The quantitative estimate of drug-likeness (QED) is 0.582. The van der Waals surface area contributed by atoms with Gasteiger partial charge in [-0.25, -0.2) is 4.99 Å². The van der Waals surface area contributed by atoms with Gasteiger partial charge in [-0.2, -0.15) is 0 Å². The van der Waals surface area contributed by atoms with Crippen molar-refractivity contribution in [3.8, 4) is 0 Å². The number of nitrogens with zero attached hydrogens (tertiary/aromatic N) is 1. The Morgan fingerprint density at radius 2 is 2.31 bits per heavy atom. The summed E-state index contributed by atoms with van der Waals surface area (Å²) in [7, 11) is 0. The van der Waals surface area contributed by atoms with Gasteiger partial charge in [0, 0.05) is 16.0 Å². The summed E-state index contributed by atoms with van der Waals surface area (Å²) in [5.74, 6) is 0. The van der Waals surface area contributed by atoms with Crippen LogP contribution in [0.4, 0.5) is 0 Å². The predicted octanol–water partition coefficient (Wildman–Crippen LogP) is 2.41. The summed E-state index contributed by atoms with van der Waals surface area (Å²) in [6.45, 7) is 4.27. The normalized spacial score (nSPS) is 11.8. The van der Waals surface area contributed by atoms with Crippen LogP contribution in [0.5, 0.6) is 0 Å². The minimum absolute atomic E-state index is 0.938. The highest BCUT2D eigenvalue weighted by Crippen LogP contribution is 2.20. The van der Waals surface area contributed by atoms with E-state index < -0.39 is 0 Å². The van der Waals surface area contributed by atoms with E-state index in [9.17, 15) is 0 Å². The zero-order valence-corrected chi connectivity index (χ0v) is 8.77. The number of allylic oxidation sites excluding steroid dienone is 1. The van der Waals surface area contributed by atoms with Gasteiger partial charge in [-0.05, 0) is 31.9 Å². The molecule has 0 saturated carbocycles. The molecule has 0 amide bonds. The molecule has 2 nitrogen and oxygen atoms in total. The van der Waals surface area contributed by atoms with Crippen molar-refractivity contribution in [3.05, 3.63) is 33.7 Å². The Hall–Kier alpha value is -1.09. The molecule has 1 rings (SSSR count). The second kappa shape index (κ2) is 4.82. The number of hydrogen-bond donors (Lipinski definition) is 1. The molecule has 0 aliphatic heterocycles. The second-order valence-corrected chi connectivity index (χ2v) is 4.29. The molecule has 70 valence electrons. The minimum atomic E-state index is 0.938. The van der Waals surface area contributed by atoms with Crippen LogP contribution in [0.1, 0.15) is 15.3 Å². The Morgan fingerprint density at radius 3 is 2.85 bits per heavy atom. The molecule has 0 fully saturated rings. The first-order valence-electron chi connectivity index (χ1n) is 4.18. The summed E-state index contributed by atoms with van der Waals surface area (Å²) < 4.78 is 0. The molecule has 0 saturated heterocycles. The molecule has 3 heteroatoms. The van der Waals surface area contributed by atoms with Gasteiger partial charge in [-0.3, -0.25) is 0 Å². The number of aryl methyl sites for hydroxylation is 2.